The summed E-state index contributed by atoms with van der Waals surface area (Å²) in [6, 6.07) is 7.77. The highest BCUT2D eigenvalue weighted by Crippen LogP contribution is 2.34. The highest BCUT2D eigenvalue weighted by molar-refractivity contribution is 5.90. The molecule has 1 aromatic carbocycles. The summed E-state index contributed by atoms with van der Waals surface area (Å²) in [6.45, 7) is 7.70. The minimum Gasteiger partial charge on any atom is -0.477 e. The van der Waals surface area contributed by atoms with Gasteiger partial charge in [0.1, 0.15) is 0 Å². The number of hydrogen-bond acceptors (Lipinski definition) is 4. The molecule has 0 fully saturated rings. The molecule has 0 saturated carbocycles. The van der Waals surface area contributed by atoms with E-state index >= 15 is 0 Å². The third-order valence-corrected chi connectivity index (χ3v) is 5.11. The zero-order valence-corrected chi connectivity index (χ0v) is 15.7. The number of aryl methyl sites for hydroxylation is 3. The van der Waals surface area contributed by atoms with Crippen LogP contribution in [0.1, 0.15) is 39.4 Å². The van der Waals surface area contributed by atoms with Crippen LogP contribution in [0, 0.1) is 20.8 Å². The molecule has 0 spiro atoms. The second-order valence-corrected chi connectivity index (χ2v) is 6.98. The third-order valence-electron chi connectivity index (χ3n) is 5.11. The van der Waals surface area contributed by atoms with Gasteiger partial charge in [-0.3, -0.25) is 0 Å². The van der Waals surface area contributed by atoms with Gasteiger partial charge in [0.2, 0.25) is 0 Å². The SMILES string of the molecule is Cc1cccc(C)c1-c1c(C)nn2c(C3=CCNCC3)cc(C(=O)O)nc12. The summed E-state index contributed by atoms with van der Waals surface area (Å²) in [7, 11) is 0. The molecule has 138 valence electrons. The second-order valence-electron chi connectivity index (χ2n) is 6.98. The predicted molar refractivity (Wildman–Crippen MR) is 105 cm³/mol. The maximum atomic E-state index is 11.7. The van der Waals surface area contributed by atoms with Crippen molar-refractivity contribution in [1.29, 1.82) is 0 Å². The van der Waals surface area contributed by atoms with Crippen molar-refractivity contribution < 1.29 is 9.90 Å². The number of benzene rings is 1. The van der Waals surface area contributed by atoms with E-state index in [1.54, 1.807) is 10.6 Å². The van der Waals surface area contributed by atoms with Gasteiger partial charge in [0.15, 0.2) is 11.3 Å². The summed E-state index contributed by atoms with van der Waals surface area (Å²) in [5, 5.41) is 17.7. The topological polar surface area (TPSA) is 79.5 Å². The number of hydrogen-bond donors (Lipinski definition) is 2. The van der Waals surface area contributed by atoms with Crippen LogP contribution >= 0.6 is 0 Å². The molecule has 0 amide bonds. The smallest absolute Gasteiger partial charge is 0.354 e. The molecule has 0 atom stereocenters. The van der Waals surface area contributed by atoms with Crippen LogP contribution < -0.4 is 5.32 Å². The molecular formula is C21H22N4O2. The number of fused-ring (bicyclic) bond motifs is 1. The molecule has 3 aromatic rings. The first-order valence-corrected chi connectivity index (χ1v) is 9.07. The summed E-state index contributed by atoms with van der Waals surface area (Å²) < 4.78 is 1.81. The van der Waals surface area contributed by atoms with Crippen molar-refractivity contribution in [3.63, 3.8) is 0 Å². The minimum atomic E-state index is -1.03. The summed E-state index contributed by atoms with van der Waals surface area (Å²) in [5.41, 5.74) is 7.62. The normalized spacial score (nSPS) is 14.4. The van der Waals surface area contributed by atoms with Gasteiger partial charge in [-0.25, -0.2) is 14.3 Å². The fourth-order valence-electron chi connectivity index (χ4n) is 3.82. The molecule has 3 heterocycles. The van der Waals surface area contributed by atoms with Gasteiger partial charge in [0.05, 0.1) is 17.0 Å². The van der Waals surface area contributed by atoms with Gasteiger partial charge in [0, 0.05) is 6.54 Å². The lowest BCUT2D eigenvalue weighted by atomic mass is 9.96. The van der Waals surface area contributed by atoms with Crippen LogP contribution in [0.15, 0.2) is 30.3 Å². The van der Waals surface area contributed by atoms with Crippen LogP contribution in [0.25, 0.3) is 22.3 Å². The molecule has 2 aromatic heterocycles. The summed E-state index contributed by atoms with van der Waals surface area (Å²) in [5.74, 6) is -1.03. The molecule has 0 bridgehead atoms. The first-order valence-electron chi connectivity index (χ1n) is 9.07. The van der Waals surface area contributed by atoms with Gasteiger partial charge in [-0.05, 0) is 62.1 Å². The zero-order chi connectivity index (χ0) is 19.1. The van der Waals surface area contributed by atoms with E-state index < -0.39 is 5.97 Å². The Morgan fingerprint density at radius 1 is 1.19 bits per heavy atom. The summed E-state index contributed by atoms with van der Waals surface area (Å²) >= 11 is 0. The van der Waals surface area contributed by atoms with Crippen molar-refractivity contribution in [3.8, 4) is 11.1 Å². The van der Waals surface area contributed by atoms with E-state index in [1.165, 1.54) is 0 Å². The maximum absolute atomic E-state index is 11.7. The van der Waals surface area contributed by atoms with Gasteiger partial charge in [-0.1, -0.05) is 24.3 Å². The Bertz CT molecular complexity index is 1070. The molecule has 27 heavy (non-hydrogen) atoms. The van der Waals surface area contributed by atoms with Crippen molar-refractivity contribution in [3.05, 3.63) is 58.6 Å². The van der Waals surface area contributed by atoms with E-state index in [2.05, 4.69) is 42.4 Å². The van der Waals surface area contributed by atoms with Gasteiger partial charge >= 0.3 is 5.97 Å². The number of nitrogens with one attached hydrogen (secondary N) is 1. The first-order chi connectivity index (χ1) is 13.0. The quantitative estimate of drug-likeness (QED) is 0.746. The lowest BCUT2D eigenvalue weighted by molar-refractivity contribution is 0.0690. The number of rotatable bonds is 3. The van der Waals surface area contributed by atoms with Gasteiger partial charge in [-0.2, -0.15) is 5.10 Å². The highest BCUT2D eigenvalue weighted by Gasteiger charge is 2.22. The van der Waals surface area contributed by atoms with E-state index in [0.717, 1.165) is 58.7 Å². The molecule has 4 rings (SSSR count). The van der Waals surface area contributed by atoms with E-state index in [9.17, 15) is 9.90 Å². The van der Waals surface area contributed by atoms with E-state index in [4.69, 9.17) is 5.10 Å². The number of aromatic nitrogens is 3. The summed E-state index contributed by atoms with van der Waals surface area (Å²) in [6.07, 6.45) is 2.93. The Morgan fingerprint density at radius 2 is 1.93 bits per heavy atom. The second kappa shape index (κ2) is 6.63. The molecule has 2 N–H and O–H groups in total. The standard InChI is InChI=1S/C21H22N4O2/c1-12-5-4-6-13(2)18(12)19-14(3)24-25-17(15-7-9-22-10-8-15)11-16(21(26)27)23-20(19)25/h4-7,11,22H,8-10H2,1-3H3,(H,26,27). The molecule has 1 aliphatic rings. The average molecular weight is 362 g/mol. The fourth-order valence-corrected chi connectivity index (χ4v) is 3.82. The number of aromatic carboxylic acids is 1. The molecular weight excluding hydrogens is 340 g/mol. The third kappa shape index (κ3) is 2.92. The Labute approximate surface area is 157 Å². The van der Waals surface area contributed by atoms with Crippen molar-refractivity contribution in [2.45, 2.75) is 27.2 Å². The lowest BCUT2D eigenvalue weighted by Gasteiger charge is -2.16. The Morgan fingerprint density at radius 3 is 2.56 bits per heavy atom. The Kier molecular flexibility index (Phi) is 4.28. The first kappa shape index (κ1) is 17.4. The Balaban J connectivity index is 2.08. The van der Waals surface area contributed by atoms with Crippen molar-refractivity contribution in [2.75, 3.05) is 13.1 Å². The predicted octanol–water partition coefficient (Wildman–Crippen LogP) is 3.40. The van der Waals surface area contributed by atoms with Crippen LogP contribution in [0.2, 0.25) is 0 Å². The fraction of sp³-hybridized carbons (Fsp3) is 0.286. The van der Waals surface area contributed by atoms with Crippen LogP contribution in [0.3, 0.4) is 0 Å². The average Bonchev–Trinajstić information content (AvgIpc) is 2.97. The maximum Gasteiger partial charge on any atom is 0.354 e. The number of carboxylic acid groups (broad SMARTS) is 1. The molecule has 0 saturated heterocycles. The molecule has 0 unspecified atom stereocenters. The van der Waals surface area contributed by atoms with Gasteiger partial charge in [0.25, 0.3) is 0 Å². The van der Waals surface area contributed by atoms with Crippen LogP contribution in [0.4, 0.5) is 0 Å². The molecule has 0 aliphatic carbocycles. The van der Waals surface area contributed by atoms with Gasteiger partial charge < -0.3 is 10.4 Å². The molecule has 6 heteroatoms. The summed E-state index contributed by atoms with van der Waals surface area (Å²) in [4.78, 5) is 16.2. The lowest BCUT2D eigenvalue weighted by Crippen LogP contribution is -2.21. The monoisotopic (exact) mass is 362 g/mol. The molecule has 6 nitrogen and oxygen atoms in total. The van der Waals surface area contributed by atoms with Crippen LogP contribution in [-0.2, 0) is 0 Å². The van der Waals surface area contributed by atoms with Crippen molar-refractivity contribution in [1.82, 2.24) is 19.9 Å². The molecule has 1 aliphatic heterocycles. The van der Waals surface area contributed by atoms with Crippen molar-refractivity contribution >= 4 is 17.2 Å². The van der Waals surface area contributed by atoms with E-state index in [-0.39, 0.29) is 5.69 Å². The van der Waals surface area contributed by atoms with E-state index in [0.29, 0.717) is 5.65 Å². The zero-order valence-electron chi connectivity index (χ0n) is 15.7. The number of carboxylic acids is 1. The van der Waals surface area contributed by atoms with Crippen LogP contribution in [0.5, 0.6) is 0 Å². The largest absolute Gasteiger partial charge is 0.477 e. The van der Waals surface area contributed by atoms with Crippen LogP contribution in [-0.4, -0.2) is 38.8 Å². The minimum absolute atomic E-state index is 0.0457. The van der Waals surface area contributed by atoms with Gasteiger partial charge in [-0.15, -0.1) is 0 Å². The highest BCUT2D eigenvalue weighted by atomic mass is 16.4. The number of nitrogens with zero attached hydrogens (tertiary/aromatic N) is 3. The molecule has 0 radical (unpaired) electrons. The van der Waals surface area contributed by atoms with Crippen molar-refractivity contribution in [2.24, 2.45) is 0 Å². The number of carbonyl (C=O) groups is 1. The Hall–Kier alpha value is -2.99. The van der Waals surface area contributed by atoms with E-state index in [1.807, 2.05) is 13.0 Å².